The lowest BCUT2D eigenvalue weighted by Crippen LogP contribution is -2.41. The van der Waals surface area contributed by atoms with Crippen molar-refractivity contribution < 1.29 is 9.84 Å². The number of morpholine rings is 1. The van der Waals surface area contributed by atoms with Gasteiger partial charge in [0.25, 0.3) is 0 Å². The highest BCUT2D eigenvalue weighted by atomic mass is 32.1. The normalized spacial score (nSPS) is 23.5. The first-order valence-electron chi connectivity index (χ1n) is 5.60. The Morgan fingerprint density at radius 2 is 2.38 bits per heavy atom. The van der Waals surface area contributed by atoms with E-state index in [9.17, 15) is 5.11 Å². The first-order chi connectivity index (χ1) is 7.58. The minimum absolute atomic E-state index is 0.257. The van der Waals surface area contributed by atoms with Crippen molar-refractivity contribution in [1.29, 1.82) is 0 Å². The molecule has 90 valence electrons. The van der Waals surface area contributed by atoms with Gasteiger partial charge in [-0.3, -0.25) is 0 Å². The second-order valence-corrected chi connectivity index (χ2v) is 5.26. The molecule has 2 heterocycles. The molecule has 4 nitrogen and oxygen atoms in total. The van der Waals surface area contributed by atoms with Crippen LogP contribution in [0.4, 0.5) is 5.13 Å². The molecule has 1 aromatic rings. The molecule has 2 rings (SSSR count). The van der Waals surface area contributed by atoms with Crippen molar-refractivity contribution >= 4 is 16.5 Å². The molecule has 2 atom stereocenters. The third-order valence-electron chi connectivity index (χ3n) is 2.71. The summed E-state index contributed by atoms with van der Waals surface area (Å²) in [5, 5.41) is 10.6. The third kappa shape index (κ3) is 2.36. The van der Waals surface area contributed by atoms with Crippen molar-refractivity contribution in [3.05, 3.63) is 10.6 Å². The summed E-state index contributed by atoms with van der Waals surface area (Å²) in [6.45, 7) is 8.33. The van der Waals surface area contributed by atoms with Crippen molar-refractivity contribution in [2.45, 2.75) is 33.0 Å². The summed E-state index contributed by atoms with van der Waals surface area (Å²) in [7, 11) is 0. The second kappa shape index (κ2) is 4.69. The summed E-state index contributed by atoms with van der Waals surface area (Å²) < 4.78 is 5.50. The number of hydrogen-bond donors (Lipinski definition) is 1. The Morgan fingerprint density at radius 3 is 2.94 bits per heavy atom. The van der Waals surface area contributed by atoms with Gasteiger partial charge in [0, 0.05) is 13.1 Å². The monoisotopic (exact) mass is 242 g/mol. The van der Waals surface area contributed by atoms with Crippen LogP contribution < -0.4 is 4.90 Å². The molecule has 0 bridgehead atoms. The fraction of sp³-hybridized carbons (Fsp3) is 0.727. The largest absolute Gasteiger partial charge is 0.388 e. The number of aromatic nitrogens is 1. The number of ether oxygens (including phenoxy) is 1. The molecule has 1 saturated heterocycles. The standard InChI is InChI=1S/C11H18N2O2S/c1-7-6-13(4-5-15-7)11-12-8(2)10(16-11)9(3)14/h7,9,14H,4-6H2,1-3H3. The fourth-order valence-corrected chi connectivity index (χ4v) is 2.95. The molecule has 1 aliphatic heterocycles. The molecule has 1 fully saturated rings. The molecule has 1 N–H and O–H groups in total. The maximum absolute atomic E-state index is 9.60. The number of aliphatic hydroxyl groups excluding tert-OH is 1. The average molecular weight is 242 g/mol. The summed E-state index contributed by atoms with van der Waals surface area (Å²) in [5.41, 5.74) is 0.939. The van der Waals surface area contributed by atoms with E-state index in [-0.39, 0.29) is 6.10 Å². The van der Waals surface area contributed by atoms with Crippen LogP contribution in [0.1, 0.15) is 30.5 Å². The molecule has 0 spiro atoms. The molecule has 1 aliphatic rings. The molecule has 16 heavy (non-hydrogen) atoms. The fourth-order valence-electron chi connectivity index (χ4n) is 1.91. The van der Waals surface area contributed by atoms with Gasteiger partial charge in [0.1, 0.15) is 0 Å². The summed E-state index contributed by atoms with van der Waals surface area (Å²) in [6.07, 6.45) is -0.169. The Bertz CT molecular complexity index is 365. The highest BCUT2D eigenvalue weighted by molar-refractivity contribution is 7.15. The van der Waals surface area contributed by atoms with E-state index in [4.69, 9.17) is 4.74 Å². The number of aliphatic hydroxyl groups is 1. The first-order valence-corrected chi connectivity index (χ1v) is 6.41. The van der Waals surface area contributed by atoms with Crippen LogP contribution in [0.15, 0.2) is 0 Å². The van der Waals surface area contributed by atoms with Gasteiger partial charge in [0.15, 0.2) is 5.13 Å². The van der Waals surface area contributed by atoms with E-state index in [0.29, 0.717) is 0 Å². The quantitative estimate of drug-likeness (QED) is 0.858. The lowest BCUT2D eigenvalue weighted by atomic mass is 10.3. The van der Waals surface area contributed by atoms with Crippen molar-refractivity contribution in [2.24, 2.45) is 0 Å². The van der Waals surface area contributed by atoms with E-state index in [1.54, 1.807) is 18.3 Å². The summed E-state index contributed by atoms with van der Waals surface area (Å²) in [5.74, 6) is 0. The van der Waals surface area contributed by atoms with Gasteiger partial charge in [-0.2, -0.15) is 0 Å². The van der Waals surface area contributed by atoms with Gasteiger partial charge in [-0.25, -0.2) is 4.98 Å². The predicted molar refractivity (Wildman–Crippen MR) is 65.1 cm³/mol. The SMILES string of the molecule is Cc1nc(N2CCOC(C)C2)sc1C(C)O. The Morgan fingerprint density at radius 1 is 1.62 bits per heavy atom. The van der Waals surface area contributed by atoms with Crippen LogP contribution in [0.2, 0.25) is 0 Å². The van der Waals surface area contributed by atoms with Crippen LogP contribution in [0.5, 0.6) is 0 Å². The molecule has 5 heteroatoms. The van der Waals surface area contributed by atoms with Crippen molar-refractivity contribution in [3.63, 3.8) is 0 Å². The van der Waals surface area contributed by atoms with Gasteiger partial charge < -0.3 is 14.7 Å². The molecule has 2 unspecified atom stereocenters. The van der Waals surface area contributed by atoms with Crippen LogP contribution in [0.3, 0.4) is 0 Å². The lowest BCUT2D eigenvalue weighted by Gasteiger charge is -2.30. The highest BCUT2D eigenvalue weighted by Crippen LogP contribution is 2.31. The van der Waals surface area contributed by atoms with Gasteiger partial charge in [-0.15, -0.1) is 0 Å². The number of thiazole rings is 1. The van der Waals surface area contributed by atoms with Gasteiger partial charge in [0.2, 0.25) is 0 Å². The van der Waals surface area contributed by atoms with E-state index in [1.165, 1.54) is 0 Å². The topological polar surface area (TPSA) is 45.6 Å². The first kappa shape index (κ1) is 11.8. The maximum atomic E-state index is 9.60. The number of rotatable bonds is 2. The van der Waals surface area contributed by atoms with E-state index in [2.05, 4.69) is 16.8 Å². The Kier molecular flexibility index (Phi) is 3.47. The van der Waals surface area contributed by atoms with E-state index >= 15 is 0 Å². The van der Waals surface area contributed by atoms with E-state index in [1.807, 2.05) is 6.92 Å². The summed E-state index contributed by atoms with van der Waals surface area (Å²) in [6, 6.07) is 0. The molecule has 1 aromatic heterocycles. The smallest absolute Gasteiger partial charge is 0.186 e. The predicted octanol–water partition coefficient (Wildman–Crippen LogP) is 1.73. The highest BCUT2D eigenvalue weighted by Gasteiger charge is 2.21. The molecule has 0 amide bonds. The van der Waals surface area contributed by atoms with Gasteiger partial charge in [-0.05, 0) is 20.8 Å². The second-order valence-electron chi connectivity index (χ2n) is 4.25. The van der Waals surface area contributed by atoms with Crippen LogP contribution >= 0.6 is 11.3 Å². The number of hydrogen-bond acceptors (Lipinski definition) is 5. The Hall–Kier alpha value is -0.650. The van der Waals surface area contributed by atoms with Crippen LogP contribution in [-0.2, 0) is 4.74 Å². The van der Waals surface area contributed by atoms with Crippen LogP contribution in [-0.4, -0.2) is 35.9 Å². The molecule has 0 saturated carbocycles. The number of anilines is 1. The number of nitrogens with zero attached hydrogens (tertiary/aromatic N) is 2. The Labute approximate surface area is 99.9 Å². The Balaban J connectivity index is 2.17. The maximum Gasteiger partial charge on any atom is 0.186 e. The zero-order valence-electron chi connectivity index (χ0n) is 9.93. The van der Waals surface area contributed by atoms with Crippen molar-refractivity contribution in [1.82, 2.24) is 4.98 Å². The van der Waals surface area contributed by atoms with Crippen molar-refractivity contribution in [3.8, 4) is 0 Å². The summed E-state index contributed by atoms with van der Waals surface area (Å²) >= 11 is 1.59. The van der Waals surface area contributed by atoms with E-state index < -0.39 is 6.10 Å². The van der Waals surface area contributed by atoms with Gasteiger partial charge in [0.05, 0.1) is 29.4 Å². The minimum atomic E-state index is -0.426. The molecule has 0 aliphatic carbocycles. The van der Waals surface area contributed by atoms with Gasteiger partial charge in [-0.1, -0.05) is 11.3 Å². The summed E-state index contributed by atoms with van der Waals surface area (Å²) in [4.78, 5) is 7.72. The van der Waals surface area contributed by atoms with Crippen LogP contribution in [0.25, 0.3) is 0 Å². The molecular formula is C11H18N2O2S. The zero-order chi connectivity index (χ0) is 11.7. The van der Waals surface area contributed by atoms with Crippen LogP contribution in [0, 0.1) is 6.92 Å². The third-order valence-corrected chi connectivity index (χ3v) is 4.10. The molecule has 0 aromatic carbocycles. The number of aryl methyl sites for hydroxylation is 1. The average Bonchev–Trinajstić information content (AvgIpc) is 2.60. The minimum Gasteiger partial charge on any atom is -0.388 e. The zero-order valence-corrected chi connectivity index (χ0v) is 10.8. The van der Waals surface area contributed by atoms with Crippen molar-refractivity contribution in [2.75, 3.05) is 24.6 Å². The lowest BCUT2D eigenvalue weighted by molar-refractivity contribution is 0.0532. The van der Waals surface area contributed by atoms with Gasteiger partial charge >= 0.3 is 0 Å². The van der Waals surface area contributed by atoms with E-state index in [0.717, 1.165) is 35.4 Å². The molecular weight excluding hydrogens is 224 g/mol. The molecule has 0 radical (unpaired) electrons.